The van der Waals surface area contributed by atoms with Crippen molar-refractivity contribution in [1.82, 2.24) is 19.6 Å². The van der Waals surface area contributed by atoms with Gasteiger partial charge in [-0.15, -0.1) is 0 Å². The normalized spacial score (nSPS) is 17.1. The van der Waals surface area contributed by atoms with Crippen LogP contribution in [-0.2, 0) is 4.74 Å². The largest absolute Gasteiger partial charge is 0.459 e. The number of benzene rings is 1. The maximum absolute atomic E-state index is 13.3. The molecular formula is C17H15F3N4O3. The van der Waals surface area contributed by atoms with Crippen molar-refractivity contribution in [3.8, 4) is 17.1 Å². The zero-order valence-electron chi connectivity index (χ0n) is 14.0. The van der Waals surface area contributed by atoms with Crippen LogP contribution in [0.1, 0.15) is 24.6 Å². The summed E-state index contributed by atoms with van der Waals surface area (Å²) < 4.78 is 49.7. The minimum absolute atomic E-state index is 0.125. The summed E-state index contributed by atoms with van der Waals surface area (Å²) in [7, 11) is 0. The molecule has 10 heteroatoms. The van der Waals surface area contributed by atoms with Gasteiger partial charge in [0.25, 0.3) is 12.4 Å². The molecule has 1 aromatic carbocycles. The summed E-state index contributed by atoms with van der Waals surface area (Å²) >= 11 is 0. The summed E-state index contributed by atoms with van der Waals surface area (Å²) in [5, 5.41) is 4.32. The minimum atomic E-state index is -2.71. The predicted molar refractivity (Wildman–Crippen MR) is 88.4 cm³/mol. The number of aromatic nitrogens is 4. The molecule has 0 aliphatic carbocycles. The molecule has 4 rings (SSSR count). The second-order valence-electron chi connectivity index (χ2n) is 6.05. The van der Waals surface area contributed by atoms with Gasteiger partial charge in [-0.25, -0.2) is 18.0 Å². The van der Waals surface area contributed by atoms with E-state index in [9.17, 15) is 18.0 Å². The van der Waals surface area contributed by atoms with Crippen LogP contribution in [0.5, 0.6) is 6.01 Å². The molecule has 0 bridgehead atoms. The fraction of sp³-hybridized carbons (Fsp3) is 0.353. The molecule has 1 aliphatic heterocycles. The minimum Gasteiger partial charge on any atom is -0.459 e. The van der Waals surface area contributed by atoms with Gasteiger partial charge < -0.3 is 9.47 Å². The highest BCUT2D eigenvalue weighted by Crippen LogP contribution is 2.37. The number of nitrogens with one attached hydrogen (secondary N) is 1. The van der Waals surface area contributed by atoms with Gasteiger partial charge in [-0.2, -0.15) is 14.6 Å². The maximum Gasteiger partial charge on any atom is 0.352 e. The first kappa shape index (κ1) is 17.5. The third kappa shape index (κ3) is 3.39. The van der Waals surface area contributed by atoms with Gasteiger partial charge in [-0.1, -0.05) is 12.1 Å². The Morgan fingerprint density at radius 3 is 2.78 bits per heavy atom. The number of hydrogen-bond donors (Lipinski definition) is 1. The molecule has 0 saturated carbocycles. The topological polar surface area (TPSA) is 81.5 Å². The van der Waals surface area contributed by atoms with E-state index in [1.54, 1.807) is 0 Å². The lowest BCUT2D eigenvalue weighted by Crippen LogP contribution is -2.21. The number of ether oxygens (including phenoxy) is 2. The van der Waals surface area contributed by atoms with Crippen molar-refractivity contribution in [1.29, 1.82) is 0 Å². The highest BCUT2D eigenvalue weighted by molar-refractivity contribution is 5.80. The Morgan fingerprint density at radius 1 is 1.33 bits per heavy atom. The van der Waals surface area contributed by atoms with E-state index in [1.165, 1.54) is 24.3 Å². The highest BCUT2D eigenvalue weighted by atomic mass is 19.3. The summed E-state index contributed by atoms with van der Waals surface area (Å²) in [6, 6.07) is 5.29. The van der Waals surface area contributed by atoms with Crippen molar-refractivity contribution >= 4 is 5.65 Å². The molecule has 142 valence electrons. The lowest BCUT2D eigenvalue weighted by Gasteiger charge is -2.09. The number of H-pyrrole nitrogens is 1. The first-order valence-electron chi connectivity index (χ1n) is 8.34. The Hall–Kier alpha value is -2.88. The summed E-state index contributed by atoms with van der Waals surface area (Å²) in [5.74, 6) is -0.416. The lowest BCUT2D eigenvalue weighted by atomic mass is 10.0. The summed E-state index contributed by atoms with van der Waals surface area (Å²) in [6.07, 6.45) is -1.49. The molecule has 1 atom stereocenters. The van der Waals surface area contributed by atoms with Crippen molar-refractivity contribution in [2.45, 2.75) is 25.4 Å². The number of rotatable bonds is 5. The Bertz CT molecular complexity index is 1010. The van der Waals surface area contributed by atoms with E-state index in [-0.39, 0.29) is 17.8 Å². The standard InChI is InChI=1S/C17H15F3N4O3/c18-10-5-3-9(4-6-10)13-14(11-2-1-7-26-11)23-24-15(13)21-16(22-17(24)25)27-8-12(19)20/h3-6,11-12H,1-2,7-8H2,(H,21,22,25). The van der Waals surface area contributed by atoms with E-state index in [4.69, 9.17) is 9.47 Å². The molecule has 0 radical (unpaired) electrons. The van der Waals surface area contributed by atoms with Gasteiger partial charge in [-0.05, 0) is 30.5 Å². The van der Waals surface area contributed by atoms with E-state index in [0.717, 1.165) is 10.9 Å². The molecular weight excluding hydrogens is 365 g/mol. The number of halogens is 3. The SMILES string of the molecule is O=c1[nH]c(OCC(F)F)nc2c(-c3ccc(F)cc3)c(C3CCCO3)nn12. The van der Waals surface area contributed by atoms with Crippen molar-refractivity contribution in [3.63, 3.8) is 0 Å². The molecule has 1 aliphatic rings. The molecule has 0 amide bonds. The molecule has 1 N–H and O–H groups in total. The van der Waals surface area contributed by atoms with Crippen LogP contribution >= 0.6 is 0 Å². The average Bonchev–Trinajstić information content (AvgIpc) is 3.28. The first-order valence-corrected chi connectivity index (χ1v) is 8.34. The quantitative estimate of drug-likeness (QED) is 0.736. The third-order valence-electron chi connectivity index (χ3n) is 4.22. The predicted octanol–water partition coefficient (Wildman–Crippen LogP) is 2.72. The van der Waals surface area contributed by atoms with Crippen molar-refractivity contribution in [2.75, 3.05) is 13.2 Å². The van der Waals surface area contributed by atoms with E-state index < -0.39 is 24.5 Å². The van der Waals surface area contributed by atoms with Crippen LogP contribution in [0.2, 0.25) is 0 Å². The van der Waals surface area contributed by atoms with Crippen molar-refractivity contribution < 1.29 is 22.6 Å². The molecule has 1 fully saturated rings. The second-order valence-corrected chi connectivity index (χ2v) is 6.05. The zero-order valence-corrected chi connectivity index (χ0v) is 14.0. The van der Waals surface area contributed by atoms with Gasteiger partial charge in [-0.3, -0.25) is 4.98 Å². The fourth-order valence-electron chi connectivity index (χ4n) is 3.06. The Labute approximate surface area is 150 Å². The van der Waals surface area contributed by atoms with Gasteiger partial charge in [0.15, 0.2) is 12.3 Å². The Kier molecular flexibility index (Phi) is 4.56. The maximum atomic E-state index is 13.3. The second kappa shape index (κ2) is 7.03. The highest BCUT2D eigenvalue weighted by Gasteiger charge is 2.28. The van der Waals surface area contributed by atoms with Gasteiger partial charge in [0.1, 0.15) is 17.6 Å². The van der Waals surface area contributed by atoms with Crippen molar-refractivity contribution in [2.24, 2.45) is 0 Å². The number of hydrogen-bond acceptors (Lipinski definition) is 5. The van der Waals surface area contributed by atoms with E-state index in [0.29, 0.717) is 29.8 Å². The molecule has 1 unspecified atom stereocenters. The van der Waals surface area contributed by atoms with Crippen molar-refractivity contribution in [3.05, 3.63) is 46.3 Å². The van der Waals surface area contributed by atoms with E-state index in [1.807, 2.05) is 0 Å². The monoisotopic (exact) mass is 380 g/mol. The number of nitrogens with zero attached hydrogens (tertiary/aromatic N) is 3. The molecule has 0 spiro atoms. The molecule has 27 heavy (non-hydrogen) atoms. The molecule has 2 aromatic heterocycles. The van der Waals surface area contributed by atoms with Gasteiger partial charge in [0.2, 0.25) is 0 Å². The van der Waals surface area contributed by atoms with Crippen LogP contribution in [0.3, 0.4) is 0 Å². The lowest BCUT2D eigenvalue weighted by molar-refractivity contribution is 0.0768. The number of fused-ring (bicyclic) bond motifs is 1. The Balaban J connectivity index is 1.90. The molecule has 3 heterocycles. The van der Waals surface area contributed by atoms with E-state index in [2.05, 4.69) is 15.1 Å². The smallest absolute Gasteiger partial charge is 0.352 e. The summed E-state index contributed by atoms with van der Waals surface area (Å²) in [6.45, 7) is -0.342. The summed E-state index contributed by atoms with van der Waals surface area (Å²) in [4.78, 5) is 18.8. The van der Waals surface area contributed by atoms with Crippen LogP contribution < -0.4 is 10.4 Å². The fourth-order valence-corrected chi connectivity index (χ4v) is 3.06. The van der Waals surface area contributed by atoms with Crippen LogP contribution in [0.4, 0.5) is 13.2 Å². The molecule has 3 aromatic rings. The third-order valence-corrected chi connectivity index (χ3v) is 4.22. The van der Waals surface area contributed by atoms with Gasteiger partial charge >= 0.3 is 5.69 Å². The zero-order chi connectivity index (χ0) is 19.0. The summed E-state index contributed by atoms with van der Waals surface area (Å²) in [5.41, 5.74) is 0.991. The van der Waals surface area contributed by atoms with Gasteiger partial charge in [0.05, 0.1) is 5.56 Å². The van der Waals surface area contributed by atoms with Crippen LogP contribution in [0.15, 0.2) is 29.1 Å². The van der Waals surface area contributed by atoms with Crippen LogP contribution in [-0.4, -0.2) is 39.2 Å². The van der Waals surface area contributed by atoms with E-state index >= 15 is 0 Å². The number of alkyl halides is 2. The molecule has 7 nitrogen and oxygen atoms in total. The number of aromatic amines is 1. The average molecular weight is 380 g/mol. The first-order chi connectivity index (χ1) is 13.0. The van der Waals surface area contributed by atoms with Crippen LogP contribution in [0.25, 0.3) is 16.8 Å². The van der Waals surface area contributed by atoms with Gasteiger partial charge in [0, 0.05) is 6.61 Å². The van der Waals surface area contributed by atoms with Crippen LogP contribution in [0, 0.1) is 5.82 Å². The Morgan fingerprint density at radius 2 is 2.11 bits per heavy atom. The molecule has 1 saturated heterocycles.